The molecule has 0 aromatic carbocycles. The highest BCUT2D eigenvalue weighted by atomic mass is 16.6. The smallest absolute Gasteiger partial charge is 0.309 e. The number of aliphatic hydroxyl groups excluding tert-OH is 1. The first kappa shape index (κ1) is 15.4. The Kier molecular flexibility index (Phi) is 5.29. The minimum Gasteiger partial charge on any atom is -0.469 e. The van der Waals surface area contributed by atoms with Crippen molar-refractivity contribution in [3.63, 3.8) is 0 Å². The van der Waals surface area contributed by atoms with E-state index in [0.29, 0.717) is 0 Å². The van der Waals surface area contributed by atoms with E-state index in [1.165, 1.54) is 21.1 Å². The van der Waals surface area contributed by atoms with Gasteiger partial charge in [-0.1, -0.05) is 0 Å². The number of aliphatic hydroxyl groups is 1. The molecule has 108 valence electrons. The fraction of sp³-hybridized carbons (Fsp3) is 0.750. The lowest BCUT2D eigenvalue weighted by Gasteiger charge is -2.35. The standard InChI is InChI=1S/C12H18O7/c1-6(13)19-10-5-8(12(16)18-3)7(4-9(10)14)11(15)17-2/h7-10,14H,4-5H2,1-3H3/t7-,8+,9-,10-/m0/s1. The third-order valence-electron chi connectivity index (χ3n) is 3.22. The van der Waals surface area contributed by atoms with Gasteiger partial charge in [0, 0.05) is 13.3 Å². The van der Waals surface area contributed by atoms with Crippen LogP contribution in [-0.2, 0) is 28.6 Å². The van der Waals surface area contributed by atoms with Crippen molar-refractivity contribution in [3.8, 4) is 0 Å². The first-order valence-corrected chi connectivity index (χ1v) is 5.91. The van der Waals surface area contributed by atoms with E-state index in [0.717, 1.165) is 0 Å². The first-order chi connectivity index (χ1) is 8.90. The van der Waals surface area contributed by atoms with Gasteiger partial charge in [-0.15, -0.1) is 0 Å². The Hall–Kier alpha value is -1.63. The monoisotopic (exact) mass is 274 g/mol. The van der Waals surface area contributed by atoms with Crippen LogP contribution < -0.4 is 0 Å². The first-order valence-electron chi connectivity index (χ1n) is 5.91. The molecule has 1 rings (SSSR count). The highest BCUT2D eigenvalue weighted by Gasteiger charge is 2.45. The predicted molar refractivity (Wildman–Crippen MR) is 61.8 cm³/mol. The molecule has 0 spiro atoms. The van der Waals surface area contributed by atoms with Gasteiger partial charge in [0.25, 0.3) is 0 Å². The van der Waals surface area contributed by atoms with E-state index >= 15 is 0 Å². The summed E-state index contributed by atoms with van der Waals surface area (Å²) >= 11 is 0. The third kappa shape index (κ3) is 3.66. The lowest BCUT2D eigenvalue weighted by Crippen LogP contribution is -2.47. The van der Waals surface area contributed by atoms with Crippen LogP contribution in [-0.4, -0.2) is 49.4 Å². The maximum atomic E-state index is 11.7. The number of rotatable bonds is 3. The molecule has 1 N–H and O–H groups in total. The van der Waals surface area contributed by atoms with Crippen molar-refractivity contribution in [3.05, 3.63) is 0 Å². The van der Waals surface area contributed by atoms with Gasteiger partial charge >= 0.3 is 17.9 Å². The van der Waals surface area contributed by atoms with E-state index in [1.807, 2.05) is 0 Å². The van der Waals surface area contributed by atoms with Crippen LogP contribution in [0.25, 0.3) is 0 Å². The molecule has 1 aliphatic rings. The number of hydrogen-bond acceptors (Lipinski definition) is 7. The Morgan fingerprint density at radius 3 is 1.89 bits per heavy atom. The molecular weight excluding hydrogens is 256 g/mol. The molecule has 0 aliphatic heterocycles. The van der Waals surface area contributed by atoms with E-state index in [-0.39, 0.29) is 12.8 Å². The topological polar surface area (TPSA) is 99.1 Å². The number of methoxy groups -OCH3 is 2. The normalized spacial score (nSPS) is 30.3. The van der Waals surface area contributed by atoms with E-state index in [1.54, 1.807) is 0 Å². The summed E-state index contributed by atoms with van der Waals surface area (Å²) in [6.45, 7) is 1.21. The van der Waals surface area contributed by atoms with Gasteiger partial charge in [-0.05, 0) is 6.42 Å². The van der Waals surface area contributed by atoms with Crippen LogP contribution in [0.4, 0.5) is 0 Å². The van der Waals surface area contributed by atoms with Crippen LogP contribution in [0.15, 0.2) is 0 Å². The lowest BCUT2D eigenvalue weighted by atomic mass is 9.76. The van der Waals surface area contributed by atoms with Gasteiger partial charge in [-0.2, -0.15) is 0 Å². The van der Waals surface area contributed by atoms with Crippen molar-refractivity contribution >= 4 is 17.9 Å². The Bertz CT molecular complexity index is 365. The molecule has 0 saturated heterocycles. The Morgan fingerprint density at radius 1 is 1.00 bits per heavy atom. The fourth-order valence-electron chi connectivity index (χ4n) is 2.31. The summed E-state index contributed by atoms with van der Waals surface area (Å²) in [4.78, 5) is 34.2. The fourth-order valence-corrected chi connectivity index (χ4v) is 2.31. The maximum Gasteiger partial charge on any atom is 0.309 e. The van der Waals surface area contributed by atoms with Crippen LogP contribution >= 0.6 is 0 Å². The Labute approximate surface area is 110 Å². The number of hydrogen-bond donors (Lipinski definition) is 1. The van der Waals surface area contributed by atoms with Crippen molar-refractivity contribution < 1.29 is 33.7 Å². The van der Waals surface area contributed by atoms with Crippen molar-refractivity contribution in [1.29, 1.82) is 0 Å². The molecule has 0 unspecified atom stereocenters. The second kappa shape index (κ2) is 6.51. The van der Waals surface area contributed by atoms with Gasteiger partial charge in [-0.25, -0.2) is 0 Å². The summed E-state index contributed by atoms with van der Waals surface area (Å²) in [6.07, 6.45) is -1.80. The molecule has 7 nitrogen and oxygen atoms in total. The average molecular weight is 274 g/mol. The second-order valence-electron chi connectivity index (χ2n) is 4.45. The Balaban J connectivity index is 2.88. The highest BCUT2D eigenvalue weighted by Crippen LogP contribution is 2.34. The number of carbonyl (C=O) groups is 3. The van der Waals surface area contributed by atoms with Crippen molar-refractivity contribution in [2.24, 2.45) is 11.8 Å². The molecule has 1 saturated carbocycles. The van der Waals surface area contributed by atoms with E-state index in [2.05, 4.69) is 9.47 Å². The predicted octanol–water partition coefficient (Wildman–Crippen LogP) is -0.349. The molecule has 0 aromatic heterocycles. The molecule has 0 radical (unpaired) electrons. The van der Waals surface area contributed by atoms with E-state index in [9.17, 15) is 19.5 Å². The minimum absolute atomic E-state index is 0.00954. The van der Waals surface area contributed by atoms with Crippen LogP contribution in [0.5, 0.6) is 0 Å². The van der Waals surface area contributed by atoms with E-state index < -0.39 is 42.0 Å². The summed E-state index contributed by atoms with van der Waals surface area (Å²) in [6, 6.07) is 0. The quantitative estimate of drug-likeness (QED) is 0.554. The van der Waals surface area contributed by atoms with Gasteiger partial charge in [0.15, 0.2) is 0 Å². The summed E-state index contributed by atoms with van der Waals surface area (Å²) in [5, 5.41) is 9.87. The summed E-state index contributed by atoms with van der Waals surface area (Å²) in [5.74, 6) is -3.30. The SMILES string of the molecule is COC(=O)[C@H]1C[C@H](O)[C@@H](OC(C)=O)C[C@H]1C(=O)OC. The van der Waals surface area contributed by atoms with Crippen molar-refractivity contribution in [2.75, 3.05) is 14.2 Å². The minimum atomic E-state index is -1.01. The summed E-state index contributed by atoms with van der Waals surface area (Å²) in [5.41, 5.74) is 0. The molecular formula is C12H18O7. The van der Waals surface area contributed by atoms with Gasteiger partial charge in [0.2, 0.25) is 0 Å². The van der Waals surface area contributed by atoms with Gasteiger partial charge in [0.05, 0.1) is 32.2 Å². The number of carbonyl (C=O) groups excluding carboxylic acids is 3. The van der Waals surface area contributed by atoms with Crippen LogP contribution in [0.2, 0.25) is 0 Å². The van der Waals surface area contributed by atoms with Gasteiger partial charge in [0.1, 0.15) is 6.10 Å². The van der Waals surface area contributed by atoms with Crippen molar-refractivity contribution in [1.82, 2.24) is 0 Å². The van der Waals surface area contributed by atoms with Gasteiger partial charge < -0.3 is 19.3 Å². The van der Waals surface area contributed by atoms with E-state index in [4.69, 9.17) is 4.74 Å². The molecule has 0 amide bonds. The largest absolute Gasteiger partial charge is 0.469 e. The molecule has 1 fully saturated rings. The highest BCUT2D eigenvalue weighted by molar-refractivity contribution is 5.82. The molecule has 0 heterocycles. The molecule has 0 bridgehead atoms. The lowest BCUT2D eigenvalue weighted by molar-refractivity contribution is -0.174. The molecule has 19 heavy (non-hydrogen) atoms. The molecule has 1 aliphatic carbocycles. The number of ether oxygens (including phenoxy) is 3. The average Bonchev–Trinajstić information content (AvgIpc) is 2.38. The van der Waals surface area contributed by atoms with Crippen LogP contribution in [0.3, 0.4) is 0 Å². The Morgan fingerprint density at radius 2 is 1.47 bits per heavy atom. The zero-order valence-electron chi connectivity index (χ0n) is 11.1. The van der Waals surface area contributed by atoms with Gasteiger partial charge in [-0.3, -0.25) is 14.4 Å². The third-order valence-corrected chi connectivity index (χ3v) is 3.22. The zero-order chi connectivity index (χ0) is 14.6. The van der Waals surface area contributed by atoms with Crippen molar-refractivity contribution in [2.45, 2.75) is 32.0 Å². The number of esters is 3. The summed E-state index contributed by atoms with van der Waals surface area (Å²) in [7, 11) is 2.42. The van der Waals surface area contributed by atoms with Crippen LogP contribution in [0, 0.1) is 11.8 Å². The molecule has 4 atom stereocenters. The second-order valence-corrected chi connectivity index (χ2v) is 4.45. The zero-order valence-corrected chi connectivity index (χ0v) is 11.1. The molecule has 7 heteroatoms. The maximum absolute atomic E-state index is 11.7. The van der Waals surface area contributed by atoms with Crippen LogP contribution in [0.1, 0.15) is 19.8 Å². The molecule has 0 aromatic rings. The summed E-state index contributed by atoms with van der Waals surface area (Å²) < 4.78 is 14.2.